The summed E-state index contributed by atoms with van der Waals surface area (Å²) in [4.78, 5) is 18.1. The fourth-order valence-corrected chi connectivity index (χ4v) is 7.03. The first kappa shape index (κ1) is 19.2. The number of hydrogen-bond donors (Lipinski definition) is 1. The molecule has 4 aliphatic rings. The summed E-state index contributed by atoms with van der Waals surface area (Å²) < 4.78 is 0. The number of rotatable bonds is 3. The van der Waals surface area contributed by atoms with Crippen molar-refractivity contribution in [1.82, 2.24) is 0 Å². The highest BCUT2D eigenvalue weighted by atomic mass is 16.6. The minimum absolute atomic E-state index is 0.0177. The van der Waals surface area contributed by atoms with Crippen LogP contribution < -0.4 is 5.73 Å². The summed E-state index contributed by atoms with van der Waals surface area (Å²) in [6.45, 7) is 11.7. The molecule has 0 aromatic heterocycles. The number of hydrogen-bond acceptors (Lipinski definition) is 4. The Morgan fingerprint density at radius 1 is 1.22 bits per heavy atom. The molecule has 4 aliphatic carbocycles. The number of carbonyl (C=O) groups excluding carboxylic acids is 1. The van der Waals surface area contributed by atoms with E-state index in [0.29, 0.717) is 41.5 Å². The molecule has 150 valence electrons. The Morgan fingerprint density at radius 3 is 2.74 bits per heavy atom. The quantitative estimate of drug-likeness (QED) is 0.586. The number of Topliss-reactive ketones (excluding diaryl/α,β-unsaturated/α-hetero) is 1. The van der Waals surface area contributed by atoms with Gasteiger partial charge in [-0.15, -0.1) is 0 Å². The van der Waals surface area contributed by atoms with Crippen LogP contribution in [0.1, 0.15) is 72.1 Å². The maximum Gasteiger partial charge on any atom is 0.139 e. The van der Waals surface area contributed by atoms with E-state index in [2.05, 4.69) is 25.6 Å². The smallest absolute Gasteiger partial charge is 0.139 e. The number of oxime groups is 1. The summed E-state index contributed by atoms with van der Waals surface area (Å²) in [7, 11) is 0. The summed E-state index contributed by atoms with van der Waals surface area (Å²) >= 11 is 0. The number of fused-ring (bicyclic) bond motifs is 5. The van der Waals surface area contributed by atoms with Crippen LogP contribution in [0.3, 0.4) is 0 Å². The molecule has 2 N–H and O–H groups in total. The van der Waals surface area contributed by atoms with Gasteiger partial charge in [-0.05, 0) is 81.0 Å². The van der Waals surface area contributed by atoms with Gasteiger partial charge in [0.15, 0.2) is 0 Å². The highest BCUT2D eigenvalue weighted by molar-refractivity contribution is 5.87. The van der Waals surface area contributed by atoms with Gasteiger partial charge < -0.3 is 10.6 Å². The second-order valence-electron chi connectivity index (χ2n) is 10.4. The molecule has 4 nitrogen and oxygen atoms in total. The first-order valence-corrected chi connectivity index (χ1v) is 10.9. The predicted molar refractivity (Wildman–Crippen MR) is 108 cm³/mol. The Bertz CT molecular complexity index is 669. The lowest BCUT2D eigenvalue weighted by Gasteiger charge is -2.60. The Labute approximate surface area is 164 Å². The third-order valence-electron chi connectivity index (χ3n) is 8.70. The van der Waals surface area contributed by atoms with E-state index in [1.807, 2.05) is 6.92 Å². The van der Waals surface area contributed by atoms with Crippen molar-refractivity contribution in [2.75, 3.05) is 6.61 Å². The van der Waals surface area contributed by atoms with Crippen LogP contribution in [0.2, 0.25) is 0 Å². The molecule has 0 radical (unpaired) electrons. The normalized spacial score (nSPS) is 46.6. The van der Waals surface area contributed by atoms with Gasteiger partial charge in [-0.25, -0.2) is 0 Å². The van der Waals surface area contributed by atoms with E-state index in [4.69, 9.17) is 10.6 Å². The topological polar surface area (TPSA) is 64.7 Å². The van der Waals surface area contributed by atoms with Crippen LogP contribution in [0.15, 0.2) is 17.3 Å². The van der Waals surface area contributed by atoms with Crippen molar-refractivity contribution in [3.05, 3.63) is 12.2 Å². The molecule has 0 spiro atoms. The van der Waals surface area contributed by atoms with Crippen molar-refractivity contribution in [2.24, 2.45) is 45.4 Å². The zero-order valence-corrected chi connectivity index (χ0v) is 17.3. The fourth-order valence-electron chi connectivity index (χ4n) is 7.03. The predicted octanol–water partition coefficient (Wildman–Crippen LogP) is 4.48. The molecule has 4 fully saturated rings. The molecular formula is C23H36N2O2. The lowest BCUT2D eigenvalue weighted by atomic mass is 9.44. The van der Waals surface area contributed by atoms with Gasteiger partial charge in [0.25, 0.3) is 0 Å². The summed E-state index contributed by atoms with van der Waals surface area (Å²) in [5, 5.41) is 4.41. The molecule has 4 saturated carbocycles. The second-order valence-corrected chi connectivity index (χ2v) is 10.4. The van der Waals surface area contributed by atoms with Crippen molar-refractivity contribution in [3.63, 3.8) is 0 Å². The molecule has 4 rings (SSSR count). The van der Waals surface area contributed by atoms with Gasteiger partial charge in [0.2, 0.25) is 0 Å². The Kier molecular flexibility index (Phi) is 4.77. The van der Waals surface area contributed by atoms with Crippen molar-refractivity contribution in [2.45, 2.75) is 78.2 Å². The van der Waals surface area contributed by atoms with E-state index in [0.717, 1.165) is 38.5 Å². The van der Waals surface area contributed by atoms with Crippen molar-refractivity contribution < 1.29 is 9.63 Å². The fraction of sp³-hybridized carbons (Fsp3) is 0.826. The van der Waals surface area contributed by atoms with Crippen LogP contribution >= 0.6 is 0 Å². The summed E-state index contributed by atoms with van der Waals surface area (Å²) in [5.41, 5.74) is 8.63. The third kappa shape index (κ3) is 2.99. The maximum absolute atomic E-state index is 12.6. The van der Waals surface area contributed by atoms with Gasteiger partial charge in [0.05, 0.1) is 5.71 Å². The van der Waals surface area contributed by atoms with E-state index >= 15 is 0 Å². The number of allylic oxidation sites excluding steroid dienone is 1. The summed E-state index contributed by atoms with van der Waals surface area (Å²) in [6, 6.07) is 0.0177. The first-order valence-electron chi connectivity index (χ1n) is 10.9. The standard InChI is InChI=1S/C23H36N2O2/c1-14-11-16-12-17(25-27-13-15(2)24)7-9-22(16,3)19-8-10-23(4)18(21(14)19)5-6-20(23)26/h15-16,18-19,21H,1,5-13,24H2,2-4H3/t15?,16-,18-,19-,21-,22-,23-/m0/s1. The van der Waals surface area contributed by atoms with E-state index < -0.39 is 0 Å². The number of nitrogens with zero attached hydrogens (tertiary/aromatic N) is 1. The molecular weight excluding hydrogens is 336 g/mol. The van der Waals surface area contributed by atoms with Crippen LogP contribution in [-0.4, -0.2) is 24.1 Å². The lowest BCUT2D eigenvalue weighted by molar-refractivity contribution is -0.133. The Morgan fingerprint density at radius 2 is 2.00 bits per heavy atom. The zero-order valence-electron chi connectivity index (χ0n) is 17.3. The lowest BCUT2D eigenvalue weighted by Crippen LogP contribution is -2.54. The van der Waals surface area contributed by atoms with Crippen LogP contribution in [0.25, 0.3) is 0 Å². The molecule has 0 bridgehead atoms. The van der Waals surface area contributed by atoms with Gasteiger partial charge >= 0.3 is 0 Å². The molecule has 7 atom stereocenters. The molecule has 0 saturated heterocycles. The van der Waals surface area contributed by atoms with Gasteiger partial charge in [-0.1, -0.05) is 31.2 Å². The molecule has 0 amide bonds. The largest absolute Gasteiger partial charge is 0.394 e. The minimum atomic E-state index is -0.0820. The van der Waals surface area contributed by atoms with Crippen LogP contribution in [0.5, 0.6) is 0 Å². The molecule has 0 aromatic carbocycles. The van der Waals surface area contributed by atoms with Gasteiger partial charge in [-0.2, -0.15) is 0 Å². The molecule has 27 heavy (non-hydrogen) atoms. The Hall–Kier alpha value is -1.16. The summed E-state index contributed by atoms with van der Waals surface area (Å²) in [5.74, 6) is 2.87. The van der Waals surface area contributed by atoms with E-state index in [-0.39, 0.29) is 11.5 Å². The molecule has 0 aliphatic heterocycles. The summed E-state index contributed by atoms with van der Waals surface area (Å²) in [6.07, 6.45) is 8.45. The number of carbonyl (C=O) groups is 1. The van der Waals surface area contributed by atoms with E-state index in [1.54, 1.807) is 0 Å². The van der Waals surface area contributed by atoms with Crippen LogP contribution in [0, 0.1) is 34.5 Å². The SMILES string of the molecule is C=C1C[C@H]2CC(=NOCC(C)N)CC[C@]2(C)[C@H]2CC[C@]3(C)C(=O)CC[C@H]3[C@H]12. The minimum Gasteiger partial charge on any atom is -0.394 e. The molecule has 0 heterocycles. The van der Waals surface area contributed by atoms with Gasteiger partial charge in [-0.3, -0.25) is 4.79 Å². The molecule has 4 heteroatoms. The second kappa shape index (κ2) is 6.72. The highest BCUT2D eigenvalue weighted by Gasteiger charge is 2.61. The van der Waals surface area contributed by atoms with Crippen LogP contribution in [-0.2, 0) is 9.63 Å². The zero-order chi connectivity index (χ0) is 19.4. The van der Waals surface area contributed by atoms with Crippen LogP contribution in [0.4, 0.5) is 0 Å². The van der Waals surface area contributed by atoms with Crippen molar-refractivity contribution in [3.8, 4) is 0 Å². The van der Waals surface area contributed by atoms with Gasteiger partial charge in [0.1, 0.15) is 12.4 Å². The highest BCUT2D eigenvalue weighted by Crippen LogP contribution is 2.66. The average molecular weight is 373 g/mol. The monoisotopic (exact) mass is 372 g/mol. The molecule has 1 unspecified atom stereocenters. The average Bonchev–Trinajstić information content (AvgIpc) is 2.91. The molecule has 0 aromatic rings. The first-order chi connectivity index (χ1) is 12.8. The van der Waals surface area contributed by atoms with Crippen molar-refractivity contribution in [1.29, 1.82) is 0 Å². The Balaban J connectivity index is 1.54. The van der Waals surface area contributed by atoms with Crippen molar-refractivity contribution >= 4 is 11.5 Å². The third-order valence-corrected chi connectivity index (χ3v) is 8.70. The van der Waals surface area contributed by atoms with Gasteiger partial charge in [0, 0.05) is 17.9 Å². The number of ketones is 1. The van der Waals surface area contributed by atoms with E-state index in [1.165, 1.54) is 24.1 Å². The van der Waals surface area contributed by atoms with E-state index in [9.17, 15) is 4.79 Å². The maximum atomic E-state index is 12.6. The number of nitrogens with two attached hydrogens (primary N) is 1.